The molecular weight excluding hydrogens is 235 g/mol. The van der Waals surface area contributed by atoms with Crippen LogP contribution in [0.4, 0.5) is 13.2 Å². The SMILES string of the molecule is O=C(N[C@@H]1c2ccccc2C[C@@H]1O)C(F)(F)F. The number of halogens is 3. The molecule has 1 aromatic carbocycles. The van der Waals surface area contributed by atoms with Crippen molar-refractivity contribution >= 4 is 5.91 Å². The van der Waals surface area contributed by atoms with E-state index in [-0.39, 0.29) is 6.42 Å². The topological polar surface area (TPSA) is 49.3 Å². The van der Waals surface area contributed by atoms with Crippen molar-refractivity contribution in [1.82, 2.24) is 5.32 Å². The Morgan fingerprint density at radius 2 is 2.00 bits per heavy atom. The van der Waals surface area contributed by atoms with Gasteiger partial charge in [0.2, 0.25) is 0 Å². The number of rotatable bonds is 1. The van der Waals surface area contributed by atoms with E-state index in [0.29, 0.717) is 5.56 Å². The first kappa shape index (κ1) is 11.9. The third-order valence-electron chi connectivity index (χ3n) is 2.75. The molecular formula is C11H10F3NO2. The lowest BCUT2D eigenvalue weighted by molar-refractivity contribution is -0.175. The first-order valence-electron chi connectivity index (χ1n) is 5.03. The Morgan fingerprint density at radius 3 is 2.65 bits per heavy atom. The van der Waals surface area contributed by atoms with E-state index in [2.05, 4.69) is 0 Å². The van der Waals surface area contributed by atoms with Crippen LogP contribution in [0.2, 0.25) is 0 Å². The molecule has 2 N–H and O–H groups in total. The molecule has 0 saturated carbocycles. The lowest BCUT2D eigenvalue weighted by Crippen LogP contribution is -2.41. The van der Waals surface area contributed by atoms with Gasteiger partial charge in [-0.1, -0.05) is 24.3 Å². The number of hydrogen-bond acceptors (Lipinski definition) is 2. The van der Waals surface area contributed by atoms with Crippen LogP contribution >= 0.6 is 0 Å². The predicted octanol–water partition coefficient (Wildman–Crippen LogP) is 1.32. The van der Waals surface area contributed by atoms with Crippen LogP contribution in [0.25, 0.3) is 0 Å². The fourth-order valence-corrected chi connectivity index (χ4v) is 1.97. The van der Waals surface area contributed by atoms with Gasteiger partial charge in [-0.05, 0) is 11.1 Å². The molecule has 0 unspecified atom stereocenters. The van der Waals surface area contributed by atoms with E-state index in [0.717, 1.165) is 5.56 Å². The fourth-order valence-electron chi connectivity index (χ4n) is 1.97. The lowest BCUT2D eigenvalue weighted by atomic mass is 10.1. The van der Waals surface area contributed by atoms with E-state index in [4.69, 9.17) is 0 Å². The summed E-state index contributed by atoms with van der Waals surface area (Å²) in [6.45, 7) is 0. The Balaban J connectivity index is 2.20. The Bertz CT molecular complexity index is 445. The van der Waals surface area contributed by atoms with E-state index >= 15 is 0 Å². The van der Waals surface area contributed by atoms with Crippen LogP contribution < -0.4 is 5.32 Å². The highest BCUT2D eigenvalue weighted by Gasteiger charge is 2.42. The summed E-state index contributed by atoms with van der Waals surface area (Å²) in [5.74, 6) is -2.03. The molecule has 0 bridgehead atoms. The van der Waals surface area contributed by atoms with Gasteiger partial charge in [0, 0.05) is 6.42 Å². The van der Waals surface area contributed by atoms with Crippen LogP contribution in [0.5, 0.6) is 0 Å². The van der Waals surface area contributed by atoms with E-state index in [1.165, 1.54) is 0 Å². The number of alkyl halides is 3. The predicted molar refractivity (Wildman–Crippen MR) is 53.1 cm³/mol. The molecule has 0 fully saturated rings. The van der Waals surface area contributed by atoms with Crippen LogP contribution in [-0.4, -0.2) is 23.3 Å². The van der Waals surface area contributed by atoms with Crippen molar-refractivity contribution in [2.75, 3.05) is 0 Å². The quantitative estimate of drug-likeness (QED) is 0.784. The number of nitrogens with one attached hydrogen (secondary N) is 1. The molecule has 0 saturated heterocycles. The minimum atomic E-state index is -4.93. The fraction of sp³-hybridized carbons (Fsp3) is 0.364. The van der Waals surface area contributed by atoms with Crippen LogP contribution in [0.15, 0.2) is 24.3 Å². The monoisotopic (exact) mass is 245 g/mol. The molecule has 17 heavy (non-hydrogen) atoms. The average Bonchev–Trinajstić information content (AvgIpc) is 2.54. The Morgan fingerprint density at radius 1 is 1.35 bits per heavy atom. The molecule has 0 aliphatic heterocycles. The second kappa shape index (κ2) is 4.03. The van der Waals surface area contributed by atoms with Gasteiger partial charge in [0.15, 0.2) is 0 Å². The number of benzene rings is 1. The molecule has 0 heterocycles. The van der Waals surface area contributed by atoms with Crippen molar-refractivity contribution in [3.8, 4) is 0 Å². The molecule has 6 heteroatoms. The average molecular weight is 245 g/mol. The number of hydrogen-bond donors (Lipinski definition) is 2. The second-order valence-electron chi connectivity index (χ2n) is 3.92. The molecule has 0 radical (unpaired) electrons. The highest BCUT2D eigenvalue weighted by atomic mass is 19.4. The van der Waals surface area contributed by atoms with Gasteiger partial charge >= 0.3 is 12.1 Å². The third-order valence-corrected chi connectivity index (χ3v) is 2.75. The van der Waals surface area contributed by atoms with E-state index in [9.17, 15) is 23.1 Å². The van der Waals surface area contributed by atoms with Crippen molar-refractivity contribution in [3.05, 3.63) is 35.4 Å². The Labute approximate surface area is 95.3 Å². The van der Waals surface area contributed by atoms with E-state index < -0.39 is 24.2 Å². The van der Waals surface area contributed by atoms with Crippen molar-refractivity contribution in [1.29, 1.82) is 0 Å². The first-order chi connectivity index (χ1) is 7.89. The molecule has 1 aliphatic carbocycles. The molecule has 3 nitrogen and oxygen atoms in total. The van der Waals surface area contributed by atoms with E-state index in [1.54, 1.807) is 24.3 Å². The zero-order chi connectivity index (χ0) is 12.6. The largest absolute Gasteiger partial charge is 0.471 e. The smallest absolute Gasteiger partial charge is 0.390 e. The van der Waals surface area contributed by atoms with Crippen LogP contribution in [0.3, 0.4) is 0 Å². The van der Waals surface area contributed by atoms with Crippen molar-refractivity contribution in [2.45, 2.75) is 24.7 Å². The minimum absolute atomic E-state index is 0.249. The van der Waals surface area contributed by atoms with Gasteiger partial charge in [-0.15, -0.1) is 0 Å². The maximum absolute atomic E-state index is 12.1. The van der Waals surface area contributed by atoms with Gasteiger partial charge < -0.3 is 10.4 Å². The normalized spacial score (nSPS) is 23.3. The Kier molecular flexibility index (Phi) is 2.82. The number of carbonyl (C=O) groups is 1. The summed E-state index contributed by atoms with van der Waals surface area (Å²) in [4.78, 5) is 10.8. The van der Waals surface area contributed by atoms with Crippen molar-refractivity contribution < 1.29 is 23.1 Å². The summed E-state index contributed by atoms with van der Waals surface area (Å²) in [5.41, 5.74) is 1.30. The summed E-state index contributed by atoms with van der Waals surface area (Å²) in [5, 5.41) is 11.5. The summed E-state index contributed by atoms with van der Waals surface area (Å²) in [6.07, 6.45) is -5.70. The first-order valence-corrected chi connectivity index (χ1v) is 5.03. The summed E-state index contributed by atoms with van der Waals surface area (Å²) < 4.78 is 36.3. The highest BCUT2D eigenvalue weighted by Crippen LogP contribution is 2.32. The maximum Gasteiger partial charge on any atom is 0.471 e. The van der Waals surface area contributed by atoms with Crippen LogP contribution in [0.1, 0.15) is 17.2 Å². The van der Waals surface area contributed by atoms with Gasteiger partial charge in [0.1, 0.15) is 0 Å². The summed E-state index contributed by atoms with van der Waals surface area (Å²) >= 11 is 0. The molecule has 2 atom stereocenters. The molecule has 2 rings (SSSR count). The summed E-state index contributed by atoms with van der Waals surface area (Å²) in [6, 6.07) is 5.73. The third kappa shape index (κ3) is 2.26. The number of carbonyl (C=O) groups excluding carboxylic acids is 1. The van der Waals surface area contributed by atoms with E-state index in [1.807, 2.05) is 5.32 Å². The van der Waals surface area contributed by atoms with Crippen LogP contribution in [0, 0.1) is 0 Å². The molecule has 0 aromatic heterocycles. The van der Waals surface area contributed by atoms with Crippen LogP contribution in [-0.2, 0) is 11.2 Å². The molecule has 92 valence electrons. The highest BCUT2D eigenvalue weighted by molar-refractivity contribution is 5.82. The van der Waals surface area contributed by atoms with Crippen molar-refractivity contribution in [2.24, 2.45) is 0 Å². The van der Waals surface area contributed by atoms with Crippen molar-refractivity contribution in [3.63, 3.8) is 0 Å². The van der Waals surface area contributed by atoms with Gasteiger partial charge in [0.25, 0.3) is 0 Å². The summed E-state index contributed by atoms with van der Waals surface area (Å²) in [7, 11) is 0. The zero-order valence-corrected chi connectivity index (χ0v) is 8.66. The number of aliphatic hydroxyl groups excluding tert-OH is 1. The van der Waals surface area contributed by atoms with Gasteiger partial charge in [-0.3, -0.25) is 4.79 Å². The van der Waals surface area contributed by atoms with Gasteiger partial charge in [0.05, 0.1) is 12.1 Å². The molecule has 0 spiro atoms. The maximum atomic E-state index is 12.1. The molecule has 1 aromatic rings. The molecule has 1 amide bonds. The van der Waals surface area contributed by atoms with Gasteiger partial charge in [-0.2, -0.15) is 13.2 Å². The Hall–Kier alpha value is -1.56. The lowest BCUT2D eigenvalue weighted by Gasteiger charge is -2.18. The second-order valence-corrected chi connectivity index (χ2v) is 3.92. The standard InChI is InChI=1S/C11H10F3NO2/c12-11(13,14)10(17)15-9-7-4-2-1-3-6(7)5-8(9)16/h1-4,8-9,16H,5H2,(H,15,17)/t8-,9+/m0/s1. The zero-order valence-electron chi connectivity index (χ0n) is 8.66. The van der Waals surface area contributed by atoms with Gasteiger partial charge in [-0.25, -0.2) is 0 Å². The number of amides is 1. The number of fused-ring (bicyclic) bond motifs is 1. The minimum Gasteiger partial charge on any atom is -0.390 e. The number of aliphatic hydroxyl groups is 1. The molecule has 1 aliphatic rings.